The third-order valence-corrected chi connectivity index (χ3v) is 4.68. The van der Waals surface area contributed by atoms with E-state index in [9.17, 15) is 9.90 Å². The fourth-order valence-corrected chi connectivity index (χ4v) is 3.18. The molecule has 0 aromatic carbocycles. The van der Waals surface area contributed by atoms with Crippen molar-refractivity contribution in [2.45, 2.75) is 33.1 Å². The molecule has 0 aliphatic carbocycles. The van der Waals surface area contributed by atoms with Crippen molar-refractivity contribution < 1.29 is 14.6 Å². The van der Waals surface area contributed by atoms with Crippen LogP contribution in [-0.4, -0.2) is 48.8 Å². The molecule has 4 nitrogen and oxygen atoms in total. The van der Waals surface area contributed by atoms with Gasteiger partial charge in [-0.15, -0.1) is 0 Å². The molecule has 18 heavy (non-hydrogen) atoms. The first kappa shape index (κ1) is 13.8. The summed E-state index contributed by atoms with van der Waals surface area (Å²) < 4.78 is 5.32. The Labute approximate surface area is 109 Å². The maximum atomic E-state index is 11.6. The molecule has 2 aliphatic rings. The van der Waals surface area contributed by atoms with E-state index in [4.69, 9.17) is 4.74 Å². The average molecular weight is 255 g/mol. The van der Waals surface area contributed by atoms with Crippen LogP contribution < -0.4 is 0 Å². The highest BCUT2D eigenvalue weighted by atomic mass is 16.5. The van der Waals surface area contributed by atoms with Crippen LogP contribution >= 0.6 is 0 Å². The van der Waals surface area contributed by atoms with Gasteiger partial charge in [-0.2, -0.15) is 0 Å². The SMILES string of the molecule is CC(C)C1CCN(CC2(C(=O)O)CCOCC2)C1. The normalized spacial score (nSPS) is 28.7. The third-order valence-electron chi connectivity index (χ3n) is 4.68. The number of carbonyl (C=O) groups is 1. The van der Waals surface area contributed by atoms with E-state index in [2.05, 4.69) is 18.7 Å². The molecule has 104 valence electrons. The van der Waals surface area contributed by atoms with Crippen molar-refractivity contribution in [3.63, 3.8) is 0 Å². The highest BCUT2D eigenvalue weighted by Crippen LogP contribution is 2.34. The fraction of sp³-hybridized carbons (Fsp3) is 0.929. The Kier molecular flexibility index (Phi) is 4.28. The fourth-order valence-electron chi connectivity index (χ4n) is 3.18. The Morgan fingerprint density at radius 1 is 1.44 bits per heavy atom. The molecule has 0 saturated carbocycles. The minimum Gasteiger partial charge on any atom is -0.481 e. The van der Waals surface area contributed by atoms with Crippen molar-refractivity contribution in [3.05, 3.63) is 0 Å². The second-order valence-corrected chi connectivity index (χ2v) is 6.23. The first-order valence-electron chi connectivity index (χ1n) is 7.07. The van der Waals surface area contributed by atoms with Gasteiger partial charge < -0.3 is 14.7 Å². The van der Waals surface area contributed by atoms with Gasteiger partial charge in [-0.05, 0) is 37.6 Å². The van der Waals surface area contributed by atoms with Gasteiger partial charge in [-0.25, -0.2) is 0 Å². The average Bonchev–Trinajstić information content (AvgIpc) is 2.78. The summed E-state index contributed by atoms with van der Waals surface area (Å²) in [5.41, 5.74) is -0.565. The number of likely N-dealkylation sites (tertiary alicyclic amines) is 1. The summed E-state index contributed by atoms with van der Waals surface area (Å²) in [6.07, 6.45) is 2.53. The van der Waals surface area contributed by atoms with E-state index in [-0.39, 0.29) is 0 Å². The van der Waals surface area contributed by atoms with E-state index < -0.39 is 11.4 Å². The number of carboxylic acid groups (broad SMARTS) is 1. The van der Waals surface area contributed by atoms with Crippen LogP contribution in [0.25, 0.3) is 0 Å². The highest BCUT2D eigenvalue weighted by Gasteiger charge is 2.42. The first-order chi connectivity index (χ1) is 8.53. The summed E-state index contributed by atoms with van der Waals surface area (Å²) in [7, 11) is 0. The molecule has 0 aromatic heterocycles. The second kappa shape index (κ2) is 5.57. The molecule has 0 radical (unpaired) electrons. The number of rotatable bonds is 4. The van der Waals surface area contributed by atoms with Gasteiger partial charge in [0.2, 0.25) is 0 Å². The Morgan fingerprint density at radius 3 is 2.61 bits per heavy atom. The van der Waals surface area contributed by atoms with Gasteiger partial charge in [0, 0.05) is 26.3 Å². The molecule has 0 amide bonds. The summed E-state index contributed by atoms with van der Waals surface area (Å²) in [4.78, 5) is 13.9. The van der Waals surface area contributed by atoms with Crippen molar-refractivity contribution in [1.82, 2.24) is 4.90 Å². The maximum Gasteiger partial charge on any atom is 0.311 e. The molecule has 0 aromatic rings. The maximum absolute atomic E-state index is 11.6. The summed E-state index contributed by atoms with van der Waals surface area (Å²) in [5, 5.41) is 9.54. The minimum atomic E-state index is -0.640. The molecule has 2 aliphatic heterocycles. The van der Waals surface area contributed by atoms with Crippen molar-refractivity contribution >= 4 is 5.97 Å². The Hall–Kier alpha value is -0.610. The molecular weight excluding hydrogens is 230 g/mol. The smallest absolute Gasteiger partial charge is 0.311 e. The summed E-state index contributed by atoms with van der Waals surface area (Å²) >= 11 is 0. The predicted octanol–water partition coefficient (Wildman–Crippen LogP) is 1.85. The second-order valence-electron chi connectivity index (χ2n) is 6.23. The summed E-state index contributed by atoms with van der Waals surface area (Å²) in [5.74, 6) is 0.792. The van der Waals surface area contributed by atoms with Gasteiger partial charge in [0.05, 0.1) is 5.41 Å². The van der Waals surface area contributed by atoms with E-state index in [0.717, 1.165) is 19.0 Å². The van der Waals surface area contributed by atoms with Crippen molar-refractivity contribution in [2.24, 2.45) is 17.3 Å². The van der Waals surface area contributed by atoms with Gasteiger partial charge in [0.15, 0.2) is 0 Å². The molecule has 0 spiro atoms. The number of ether oxygens (including phenoxy) is 1. The number of carboxylic acids is 1. The zero-order valence-electron chi connectivity index (χ0n) is 11.5. The zero-order chi connectivity index (χ0) is 13.2. The van der Waals surface area contributed by atoms with Crippen molar-refractivity contribution in [1.29, 1.82) is 0 Å². The Bertz CT molecular complexity index is 297. The monoisotopic (exact) mass is 255 g/mol. The largest absolute Gasteiger partial charge is 0.481 e. The van der Waals surface area contributed by atoms with E-state index in [1.165, 1.54) is 6.42 Å². The summed E-state index contributed by atoms with van der Waals surface area (Å²) in [6.45, 7) is 8.52. The van der Waals surface area contributed by atoms with Gasteiger partial charge >= 0.3 is 5.97 Å². The van der Waals surface area contributed by atoms with E-state index >= 15 is 0 Å². The van der Waals surface area contributed by atoms with E-state index in [0.29, 0.717) is 38.5 Å². The standard InChI is InChI=1S/C14H25NO3/c1-11(2)12-3-6-15(9-12)10-14(13(16)17)4-7-18-8-5-14/h11-12H,3-10H2,1-2H3,(H,16,17). The summed E-state index contributed by atoms with van der Waals surface area (Å²) in [6, 6.07) is 0. The van der Waals surface area contributed by atoms with E-state index in [1.54, 1.807) is 0 Å². The van der Waals surface area contributed by atoms with Crippen LogP contribution in [0, 0.1) is 17.3 Å². The Morgan fingerprint density at radius 2 is 2.11 bits per heavy atom. The van der Waals surface area contributed by atoms with Gasteiger partial charge in [0.1, 0.15) is 0 Å². The first-order valence-corrected chi connectivity index (χ1v) is 7.07. The lowest BCUT2D eigenvalue weighted by molar-refractivity contribution is -0.156. The molecule has 4 heteroatoms. The number of hydrogen-bond donors (Lipinski definition) is 1. The molecular formula is C14H25NO3. The van der Waals surface area contributed by atoms with Gasteiger partial charge in [-0.1, -0.05) is 13.8 Å². The number of hydrogen-bond acceptors (Lipinski definition) is 3. The van der Waals surface area contributed by atoms with Crippen LogP contribution in [0.15, 0.2) is 0 Å². The molecule has 1 N–H and O–H groups in total. The molecule has 2 fully saturated rings. The van der Waals surface area contributed by atoms with Crippen molar-refractivity contribution in [3.8, 4) is 0 Å². The molecule has 2 saturated heterocycles. The van der Waals surface area contributed by atoms with Crippen LogP contribution in [0.4, 0.5) is 0 Å². The Balaban J connectivity index is 1.96. The molecule has 1 atom stereocenters. The highest BCUT2D eigenvalue weighted by molar-refractivity contribution is 5.75. The van der Waals surface area contributed by atoms with Crippen molar-refractivity contribution in [2.75, 3.05) is 32.8 Å². The number of aliphatic carboxylic acids is 1. The third kappa shape index (κ3) is 2.86. The lowest BCUT2D eigenvalue weighted by Gasteiger charge is -2.36. The predicted molar refractivity (Wildman–Crippen MR) is 69.5 cm³/mol. The minimum absolute atomic E-state index is 0.565. The molecule has 2 rings (SSSR count). The van der Waals surface area contributed by atoms with E-state index in [1.807, 2.05) is 0 Å². The van der Waals surface area contributed by atoms with Crippen LogP contribution in [0.3, 0.4) is 0 Å². The topological polar surface area (TPSA) is 49.8 Å². The zero-order valence-corrected chi connectivity index (χ0v) is 11.5. The van der Waals surface area contributed by atoms with Gasteiger partial charge in [0.25, 0.3) is 0 Å². The number of nitrogens with zero attached hydrogens (tertiary/aromatic N) is 1. The quantitative estimate of drug-likeness (QED) is 0.833. The molecule has 1 unspecified atom stereocenters. The van der Waals surface area contributed by atoms with Crippen LogP contribution in [0.1, 0.15) is 33.1 Å². The molecule has 0 bridgehead atoms. The van der Waals surface area contributed by atoms with Crippen LogP contribution in [-0.2, 0) is 9.53 Å². The van der Waals surface area contributed by atoms with Crippen LogP contribution in [0.2, 0.25) is 0 Å². The lowest BCUT2D eigenvalue weighted by Crippen LogP contribution is -2.46. The molecule has 2 heterocycles. The van der Waals surface area contributed by atoms with Gasteiger partial charge in [-0.3, -0.25) is 4.79 Å². The van der Waals surface area contributed by atoms with Crippen LogP contribution in [0.5, 0.6) is 0 Å². The lowest BCUT2D eigenvalue weighted by atomic mass is 9.80.